The van der Waals surface area contributed by atoms with Gasteiger partial charge < -0.3 is 5.11 Å². The first-order chi connectivity index (χ1) is 10.8. The molecule has 1 N–H and O–H groups in total. The first-order valence-corrected chi connectivity index (χ1v) is 8.96. The van der Waals surface area contributed by atoms with Crippen LogP contribution in [0.4, 0.5) is 0 Å². The molecule has 0 aliphatic heterocycles. The standard InChI is InChI=1S/C20H34O2/c1-2-3-4-5-6-7-8-9-10-11-12-13-14-15-16-17-18-19-20(21)22/h3-4,10-11,18-19H,2,5-9,12-17H2,1H3,(H,21,22)/b4-3+,11-10+,19-18+. The minimum absolute atomic E-state index is 0.845. The zero-order valence-corrected chi connectivity index (χ0v) is 14.3. The highest BCUT2D eigenvalue weighted by atomic mass is 16.4. The third-order valence-electron chi connectivity index (χ3n) is 3.56. The zero-order chi connectivity index (χ0) is 16.3. The van der Waals surface area contributed by atoms with Gasteiger partial charge in [0.15, 0.2) is 0 Å². The van der Waals surface area contributed by atoms with Crippen molar-refractivity contribution in [2.45, 2.75) is 84.0 Å². The Hall–Kier alpha value is -1.31. The van der Waals surface area contributed by atoms with Crippen molar-refractivity contribution in [3.8, 4) is 0 Å². The van der Waals surface area contributed by atoms with Gasteiger partial charge in [0.05, 0.1) is 0 Å². The van der Waals surface area contributed by atoms with Gasteiger partial charge in [0.25, 0.3) is 0 Å². The second-order valence-electron chi connectivity index (χ2n) is 5.72. The van der Waals surface area contributed by atoms with Crippen molar-refractivity contribution in [2.75, 3.05) is 0 Å². The maximum Gasteiger partial charge on any atom is 0.327 e. The van der Waals surface area contributed by atoms with Crippen LogP contribution < -0.4 is 0 Å². The molecule has 0 bridgehead atoms. The summed E-state index contributed by atoms with van der Waals surface area (Å²) in [5, 5.41) is 8.44. The highest BCUT2D eigenvalue weighted by molar-refractivity contribution is 5.79. The third kappa shape index (κ3) is 18.7. The first-order valence-electron chi connectivity index (χ1n) is 8.96. The van der Waals surface area contributed by atoms with E-state index in [2.05, 4.69) is 31.2 Å². The zero-order valence-electron chi connectivity index (χ0n) is 14.3. The fourth-order valence-electron chi connectivity index (χ4n) is 2.28. The van der Waals surface area contributed by atoms with Gasteiger partial charge in [-0.1, -0.05) is 56.6 Å². The summed E-state index contributed by atoms with van der Waals surface area (Å²) in [6.07, 6.45) is 26.6. The largest absolute Gasteiger partial charge is 0.478 e. The van der Waals surface area contributed by atoms with E-state index in [-0.39, 0.29) is 0 Å². The SMILES string of the molecule is CC/C=C/CCCCC/C=C/CCCCCC/C=C/C(=O)O. The summed E-state index contributed by atoms with van der Waals surface area (Å²) in [4.78, 5) is 10.3. The second kappa shape index (κ2) is 17.7. The number of aliphatic carboxylic acids is 1. The molecule has 126 valence electrons. The molecule has 0 rings (SSSR count). The second-order valence-corrected chi connectivity index (χ2v) is 5.72. The molecule has 0 saturated heterocycles. The Kier molecular flexibility index (Phi) is 16.7. The summed E-state index contributed by atoms with van der Waals surface area (Å²) in [5.74, 6) is -0.845. The Morgan fingerprint density at radius 2 is 1.09 bits per heavy atom. The van der Waals surface area contributed by atoms with E-state index in [0.717, 1.165) is 19.3 Å². The number of allylic oxidation sites excluding steroid dienone is 5. The van der Waals surface area contributed by atoms with Crippen molar-refractivity contribution >= 4 is 5.97 Å². The number of unbranched alkanes of at least 4 members (excludes halogenated alkanes) is 9. The lowest BCUT2D eigenvalue weighted by Crippen LogP contribution is -1.85. The molecule has 0 aliphatic rings. The fraction of sp³-hybridized carbons (Fsp3) is 0.650. The van der Waals surface area contributed by atoms with Crippen molar-refractivity contribution < 1.29 is 9.90 Å². The first kappa shape index (κ1) is 20.7. The van der Waals surface area contributed by atoms with Crippen molar-refractivity contribution in [3.05, 3.63) is 36.5 Å². The van der Waals surface area contributed by atoms with Gasteiger partial charge in [-0.05, 0) is 57.8 Å². The van der Waals surface area contributed by atoms with Crippen LogP contribution in [0.5, 0.6) is 0 Å². The van der Waals surface area contributed by atoms with Gasteiger partial charge >= 0.3 is 5.97 Å². The molecule has 0 unspecified atom stereocenters. The van der Waals surface area contributed by atoms with Crippen LogP contribution in [0, 0.1) is 0 Å². The van der Waals surface area contributed by atoms with E-state index in [4.69, 9.17) is 5.11 Å². The maximum absolute atomic E-state index is 10.3. The quantitative estimate of drug-likeness (QED) is 0.215. The molecule has 2 heteroatoms. The van der Waals surface area contributed by atoms with Crippen LogP contribution >= 0.6 is 0 Å². The molecule has 0 atom stereocenters. The lowest BCUT2D eigenvalue weighted by Gasteiger charge is -1.97. The Morgan fingerprint density at radius 3 is 1.55 bits per heavy atom. The molecule has 0 aromatic rings. The highest BCUT2D eigenvalue weighted by Gasteiger charge is 1.89. The predicted molar refractivity (Wildman–Crippen MR) is 96.1 cm³/mol. The van der Waals surface area contributed by atoms with Gasteiger partial charge in [-0.15, -0.1) is 0 Å². The van der Waals surface area contributed by atoms with Gasteiger partial charge in [-0.3, -0.25) is 0 Å². The number of carbonyl (C=O) groups is 1. The summed E-state index contributed by atoms with van der Waals surface area (Å²) in [6, 6.07) is 0. The molecule has 0 spiro atoms. The smallest absolute Gasteiger partial charge is 0.327 e. The summed E-state index contributed by atoms with van der Waals surface area (Å²) >= 11 is 0. The van der Waals surface area contributed by atoms with Crippen molar-refractivity contribution in [1.29, 1.82) is 0 Å². The molecule has 0 aromatic carbocycles. The maximum atomic E-state index is 10.3. The number of carboxylic acids is 1. The van der Waals surface area contributed by atoms with Crippen LogP contribution in [0.25, 0.3) is 0 Å². The van der Waals surface area contributed by atoms with Crippen molar-refractivity contribution in [3.63, 3.8) is 0 Å². The number of hydrogen-bond donors (Lipinski definition) is 1. The van der Waals surface area contributed by atoms with Crippen LogP contribution in [-0.2, 0) is 4.79 Å². The molecule has 0 heterocycles. The average molecular weight is 306 g/mol. The summed E-state index contributed by atoms with van der Waals surface area (Å²) in [6.45, 7) is 2.18. The average Bonchev–Trinajstić information content (AvgIpc) is 2.50. The van der Waals surface area contributed by atoms with E-state index in [1.54, 1.807) is 6.08 Å². The number of carboxylic acid groups (broad SMARTS) is 1. The molecule has 0 aromatic heterocycles. The van der Waals surface area contributed by atoms with Crippen LogP contribution in [0.3, 0.4) is 0 Å². The molecule has 0 aliphatic carbocycles. The van der Waals surface area contributed by atoms with Gasteiger partial charge in [0.1, 0.15) is 0 Å². The third-order valence-corrected chi connectivity index (χ3v) is 3.56. The van der Waals surface area contributed by atoms with Gasteiger partial charge in [-0.25, -0.2) is 4.79 Å². The summed E-state index contributed by atoms with van der Waals surface area (Å²) in [5.41, 5.74) is 0. The van der Waals surface area contributed by atoms with Crippen LogP contribution in [0.1, 0.15) is 84.0 Å². The summed E-state index contributed by atoms with van der Waals surface area (Å²) < 4.78 is 0. The number of hydrogen-bond acceptors (Lipinski definition) is 1. The van der Waals surface area contributed by atoms with Crippen LogP contribution in [0.15, 0.2) is 36.5 Å². The van der Waals surface area contributed by atoms with Crippen molar-refractivity contribution in [2.24, 2.45) is 0 Å². The molecule has 22 heavy (non-hydrogen) atoms. The van der Waals surface area contributed by atoms with E-state index in [1.807, 2.05) is 0 Å². The minimum atomic E-state index is -0.845. The van der Waals surface area contributed by atoms with E-state index >= 15 is 0 Å². The molecular formula is C20H34O2. The van der Waals surface area contributed by atoms with Crippen molar-refractivity contribution in [1.82, 2.24) is 0 Å². The van der Waals surface area contributed by atoms with Gasteiger partial charge in [0.2, 0.25) is 0 Å². The molecule has 0 fully saturated rings. The van der Waals surface area contributed by atoms with Gasteiger partial charge in [0, 0.05) is 6.08 Å². The van der Waals surface area contributed by atoms with E-state index in [9.17, 15) is 4.79 Å². The topological polar surface area (TPSA) is 37.3 Å². The Balaban J connectivity index is 3.18. The van der Waals surface area contributed by atoms with E-state index in [1.165, 1.54) is 63.9 Å². The molecule has 0 radical (unpaired) electrons. The molecule has 2 nitrogen and oxygen atoms in total. The Labute approximate surface area is 137 Å². The summed E-state index contributed by atoms with van der Waals surface area (Å²) in [7, 11) is 0. The highest BCUT2D eigenvalue weighted by Crippen LogP contribution is 2.08. The number of rotatable bonds is 15. The monoisotopic (exact) mass is 306 g/mol. The Morgan fingerprint density at radius 1 is 0.682 bits per heavy atom. The Bertz CT molecular complexity index is 327. The molecule has 0 saturated carbocycles. The normalized spacial score (nSPS) is 12.0. The predicted octanol–water partition coefficient (Wildman–Crippen LogP) is 6.44. The van der Waals surface area contributed by atoms with Gasteiger partial charge in [-0.2, -0.15) is 0 Å². The van der Waals surface area contributed by atoms with E-state index < -0.39 is 5.97 Å². The minimum Gasteiger partial charge on any atom is -0.478 e. The fourth-order valence-corrected chi connectivity index (χ4v) is 2.28. The molecule has 0 amide bonds. The molecular weight excluding hydrogens is 272 g/mol. The van der Waals surface area contributed by atoms with Crippen LogP contribution in [0.2, 0.25) is 0 Å². The lowest BCUT2D eigenvalue weighted by molar-refractivity contribution is -0.131. The van der Waals surface area contributed by atoms with Crippen LogP contribution in [-0.4, -0.2) is 11.1 Å². The lowest BCUT2D eigenvalue weighted by atomic mass is 10.1. The van der Waals surface area contributed by atoms with E-state index in [0.29, 0.717) is 0 Å².